The number of nitrogens with zero attached hydrogens (tertiary/aromatic N) is 5. The molecule has 3 heterocycles. The van der Waals surface area contributed by atoms with E-state index < -0.39 is 0 Å². The first kappa shape index (κ1) is 35.5. The second-order valence-corrected chi connectivity index (χ2v) is 15.6. The maximum Gasteiger partial charge on any atom is 0.164 e. The number of hydrogen-bond donors (Lipinski definition) is 0. The number of aromatic nitrogens is 5. The summed E-state index contributed by atoms with van der Waals surface area (Å²) >= 11 is 0. The van der Waals surface area contributed by atoms with E-state index in [1.165, 1.54) is 32.6 Å². The van der Waals surface area contributed by atoms with Crippen molar-refractivity contribution in [1.29, 1.82) is 0 Å². The van der Waals surface area contributed by atoms with Crippen LogP contribution in [0.2, 0.25) is 0 Å². The van der Waals surface area contributed by atoms with Crippen molar-refractivity contribution < 1.29 is 0 Å². The van der Waals surface area contributed by atoms with E-state index in [0.29, 0.717) is 17.5 Å². The number of para-hydroxylation sites is 4. The number of benzene rings is 9. The second kappa shape index (κ2) is 14.7. The van der Waals surface area contributed by atoms with Crippen molar-refractivity contribution in [3.63, 3.8) is 0 Å². The maximum atomic E-state index is 5.31. The smallest absolute Gasteiger partial charge is 0.164 e. The summed E-state index contributed by atoms with van der Waals surface area (Å²) in [6, 6.07) is 79.3. The zero-order chi connectivity index (χ0) is 41.0. The van der Waals surface area contributed by atoms with E-state index in [9.17, 15) is 0 Å². The third-order valence-electron chi connectivity index (χ3n) is 11.9. The maximum absolute atomic E-state index is 5.31. The van der Waals surface area contributed by atoms with Gasteiger partial charge in [0.2, 0.25) is 0 Å². The predicted molar refractivity (Wildman–Crippen MR) is 256 cm³/mol. The van der Waals surface area contributed by atoms with Crippen LogP contribution in [-0.4, -0.2) is 24.1 Å². The molecule has 0 unspecified atom stereocenters. The molecule has 0 aliphatic rings. The normalized spacial score (nSPS) is 11.5. The van der Waals surface area contributed by atoms with Crippen molar-refractivity contribution in [1.82, 2.24) is 24.1 Å². The lowest BCUT2D eigenvalue weighted by Crippen LogP contribution is -2.03. The molecule has 0 N–H and O–H groups in total. The molecule has 0 saturated heterocycles. The number of fused-ring (bicyclic) bond motifs is 6. The summed E-state index contributed by atoms with van der Waals surface area (Å²) in [6.45, 7) is 0. The van der Waals surface area contributed by atoms with Gasteiger partial charge in [-0.15, -0.1) is 0 Å². The third-order valence-corrected chi connectivity index (χ3v) is 11.9. The van der Waals surface area contributed by atoms with Gasteiger partial charge in [-0.3, -0.25) is 0 Å². The van der Waals surface area contributed by atoms with Crippen molar-refractivity contribution >= 4 is 43.6 Å². The molecule has 62 heavy (non-hydrogen) atoms. The molecule has 0 saturated carbocycles. The van der Waals surface area contributed by atoms with Gasteiger partial charge in [0.1, 0.15) is 0 Å². The van der Waals surface area contributed by atoms with Gasteiger partial charge in [-0.25, -0.2) is 15.0 Å². The van der Waals surface area contributed by atoms with Crippen LogP contribution in [0.3, 0.4) is 0 Å². The highest BCUT2D eigenvalue weighted by atomic mass is 15.1. The Morgan fingerprint density at radius 3 is 1.29 bits per heavy atom. The van der Waals surface area contributed by atoms with E-state index >= 15 is 0 Å². The van der Waals surface area contributed by atoms with Gasteiger partial charge in [0.05, 0.1) is 27.8 Å². The van der Waals surface area contributed by atoms with Crippen LogP contribution in [0.1, 0.15) is 0 Å². The average Bonchev–Trinajstić information content (AvgIpc) is 3.88. The monoisotopic (exact) mass is 791 g/mol. The van der Waals surface area contributed by atoms with Crippen molar-refractivity contribution in [3.05, 3.63) is 224 Å². The van der Waals surface area contributed by atoms with Crippen LogP contribution < -0.4 is 0 Å². The third kappa shape index (κ3) is 5.98. The Kier molecular flexibility index (Phi) is 8.42. The Balaban J connectivity index is 1.14. The topological polar surface area (TPSA) is 48.5 Å². The minimum atomic E-state index is 0.599. The SMILES string of the molecule is c1ccc(-c2cccc(-c3nc(-c4ccccc4)nc(-c4cc(-c5ccccc5)cc(-n5c6ccccc6c6cccc(-n7c8ccccc8c8ccccc87)c65)c4)n3)c2)cc1. The van der Waals surface area contributed by atoms with Gasteiger partial charge in [0.15, 0.2) is 17.5 Å². The van der Waals surface area contributed by atoms with Crippen molar-refractivity contribution in [2.45, 2.75) is 0 Å². The summed E-state index contributed by atoms with van der Waals surface area (Å²) in [5, 5.41) is 4.82. The molecule has 0 radical (unpaired) electrons. The molecular weight excluding hydrogens is 755 g/mol. The molecule has 3 aromatic heterocycles. The molecule has 0 bridgehead atoms. The highest BCUT2D eigenvalue weighted by molar-refractivity contribution is 6.15. The second-order valence-electron chi connectivity index (χ2n) is 15.6. The fourth-order valence-corrected chi connectivity index (χ4v) is 9.12. The standard InChI is InChI=1S/C57H37N5/c1-4-18-38(19-5-1)41-24-16-25-42(34-41)56-58-55(40-22-8-3-9-23-40)59-57(60-56)44-35-43(39-20-6-2-7-21-39)36-45(37-44)61-50-30-13-12-28-48(50)49-29-17-33-53(54(49)61)62-51-31-14-10-26-46(51)47-27-11-15-32-52(47)62/h1-37H. The first-order valence-electron chi connectivity index (χ1n) is 20.9. The zero-order valence-electron chi connectivity index (χ0n) is 33.6. The van der Waals surface area contributed by atoms with Gasteiger partial charge in [0.25, 0.3) is 0 Å². The van der Waals surface area contributed by atoms with Gasteiger partial charge in [-0.2, -0.15) is 0 Å². The Morgan fingerprint density at radius 1 is 0.258 bits per heavy atom. The van der Waals surface area contributed by atoms with Crippen LogP contribution in [0.25, 0.3) is 111 Å². The van der Waals surface area contributed by atoms with Crippen LogP contribution in [0, 0.1) is 0 Å². The van der Waals surface area contributed by atoms with Crippen molar-refractivity contribution in [2.24, 2.45) is 0 Å². The predicted octanol–water partition coefficient (Wildman–Crippen LogP) is 14.4. The molecule has 9 aromatic carbocycles. The van der Waals surface area contributed by atoms with Crippen molar-refractivity contribution in [3.8, 4) is 67.8 Å². The van der Waals surface area contributed by atoms with Crippen LogP contribution in [0.15, 0.2) is 224 Å². The molecule has 0 aliphatic heterocycles. The summed E-state index contributed by atoms with van der Waals surface area (Å²) in [5.41, 5.74) is 13.8. The van der Waals surface area contributed by atoms with E-state index in [0.717, 1.165) is 61.4 Å². The van der Waals surface area contributed by atoms with Gasteiger partial charge < -0.3 is 9.13 Å². The van der Waals surface area contributed by atoms with Crippen molar-refractivity contribution in [2.75, 3.05) is 0 Å². The molecule has 0 fully saturated rings. The zero-order valence-corrected chi connectivity index (χ0v) is 33.6. The first-order valence-corrected chi connectivity index (χ1v) is 20.9. The largest absolute Gasteiger partial charge is 0.307 e. The Bertz CT molecular complexity index is 3570. The molecule has 0 atom stereocenters. The lowest BCUT2D eigenvalue weighted by molar-refractivity contribution is 1.07. The van der Waals surface area contributed by atoms with Crippen LogP contribution in [0.5, 0.6) is 0 Å². The van der Waals surface area contributed by atoms with Gasteiger partial charge in [-0.1, -0.05) is 176 Å². The molecule has 5 nitrogen and oxygen atoms in total. The van der Waals surface area contributed by atoms with Crippen LogP contribution >= 0.6 is 0 Å². The first-order chi connectivity index (χ1) is 30.7. The Hall–Kier alpha value is -8.41. The average molecular weight is 792 g/mol. The quantitative estimate of drug-likeness (QED) is 0.162. The van der Waals surface area contributed by atoms with E-state index in [4.69, 9.17) is 15.0 Å². The highest BCUT2D eigenvalue weighted by Crippen LogP contribution is 2.41. The minimum absolute atomic E-state index is 0.599. The molecule has 290 valence electrons. The molecule has 5 heteroatoms. The lowest BCUT2D eigenvalue weighted by atomic mass is 10.0. The molecule has 0 aliphatic carbocycles. The van der Waals surface area contributed by atoms with Crippen LogP contribution in [0.4, 0.5) is 0 Å². The summed E-state index contributed by atoms with van der Waals surface area (Å²) in [6.07, 6.45) is 0. The van der Waals surface area contributed by atoms with Crippen LogP contribution in [-0.2, 0) is 0 Å². The fourth-order valence-electron chi connectivity index (χ4n) is 9.12. The Morgan fingerprint density at radius 2 is 0.661 bits per heavy atom. The number of hydrogen-bond acceptors (Lipinski definition) is 3. The molecular formula is C57H37N5. The molecule has 12 rings (SSSR count). The summed E-state index contributed by atoms with van der Waals surface area (Å²) < 4.78 is 4.86. The van der Waals surface area contributed by atoms with E-state index in [2.05, 4.69) is 209 Å². The van der Waals surface area contributed by atoms with E-state index in [1.807, 2.05) is 24.3 Å². The van der Waals surface area contributed by atoms with E-state index in [1.54, 1.807) is 0 Å². The highest BCUT2D eigenvalue weighted by Gasteiger charge is 2.22. The molecule has 0 amide bonds. The molecule has 0 spiro atoms. The van der Waals surface area contributed by atoms with Gasteiger partial charge >= 0.3 is 0 Å². The van der Waals surface area contributed by atoms with E-state index in [-0.39, 0.29) is 0 Å². The summed E-state index contributed by atoms with van der Waals surface area (Å²) in [4.78, 5) is 15.7. The lowest BCUT2D eigenvalue weighted by Gasteiger charge is -2.17. The number of rotatable bonds is 7. The molecule has 12 aromatic rings. The minimum Gasteiger partial charge on any atom is -0.307 e. The van der Waals surface area contributed by atoms with Gasteiger partial charge in [-0.05, 0) is 70.8 Å². The Labute approximate surface area is 358 Å². The summed E-state index contributed by atoms with van der Waals surface area (Å²) in [5.74, 6) is 1.83. The summed E-state index contributed by atoms with van der Waals surface area (Å²) in [7, 11) is 0. The van der Waals surface area contributed by atoms with Gasteiger partial charge in [0, 0.05) is 43.9 Å². The fraction of sp³-hybridized carbons (Fsp3) is 0.